The summed E-state index contributed by atoms with van der Waals surface area (Å²) in [6.07, 6.45) is 2.25. The van der Waals surface area contributed by atoms with Crippen LogP contribution in [0.4, 0.5) is 0 Å². The highest BCUT2D eigenvalue weighted by Gasteiger charge is 2.12. The monoisotopic (exact) mass is 243 g/mol. The first kappa shape index (κ1) is 16.2. The van der Waals surface area contributed by atoms with Crippen molar-refractivity contribution in [2.45, 2.75) is 59.6 Å². The molecule has 0 saturated carbocycles. The number of guanidine groups is 1. The number of hydrogen-bond acceptors (Lipinski definition) is 2. The first-order chi connectivity index (χ1) is 8.01. The molecule has 0 saturated heterocycles. The highest BCUT2D eigenvalue weighted by Crippen LogP contribution is 2.10. The van der Waals surface area contributed by atoms with Gasteiger partial charge in [0, 0.05) is 19.2 Å². The number of ether oxygens (including phenoxy) is 1. The number of nitrogens with zero attached hydrogens (tertiary/aromatic N) is 1. The average molecular weight is 243 g/mol. The summed E-state index contributed by atoms with van der Waals surface area (Å²) < 4.78 is 5.66. The lowest BCUT2D eigenvalue weighted by atomic mass is 10.0. The summed E-state index contributed by atoms with van der Waals surface area (Å²) >= 11 is 0. The first-order valence-corrected chi connectivity index (χ1v) is 6.69. The Morgan fingerprint density at radius 1 is 1.29 bits per heavy atom. The third-order valence-corrected chi connectivity index (χ3v) is 2.83. The van der Waals surface area contributed by atoms with E-state index in [-0.39, 0.29) is 6.10 Å². The number of aliphatic imine (C=N–C) groups is 1. The van der Waals surface area contributed by atoms with Gasteiger partial charge in [-0.15, -0.1) is 0 Å². The molecule has 0 rings (SSSR count). The van der Waals surface area contributed by atoms with E-state index in [4.69, 9.17) is 10.5 Å². The third kappa shape index (κ3) is 8.02. The Morgan fingerprint density at radius 3 is 2.41 bits per heavy atom. The fourth-order valence-electron chi connectivity index (χ4n) is 1.54. The molecule has 2 unspecified atom stereocenters. The first-order valence-electron chi connectivity index (χ1n) is 6.69. The summed E-state index contributed by atoms with van der Waals surface area (Å²) in [4.78, 5) is 4.32. The van der Waals surface area contributed by atoms with Crippen LogP contribution in [0.25, 0.3) is 0 Å². The van der Waals surface area contributed by atoms with Crippen molar-refractivity contribution < 1.29 is 4.74 Å². The van der Waals surface area contributed by atoms with Gasteiger partial charge in [0.1, 0.15) is 0 Å². The lowest BCUT2D eigenvalue weighted by Crippen LogP contribution is -2.38. The molecule has 0 amide bonds. The molecule has 0 aliphatic carbocycles. The third-order valence-electron chi connectivity index (χ3n) is 2.83. The predicted molar refractivity (Wildman–Crippen MR) is 74.2 cm³/mol. The maximum absolute atomic E-state index is 5.78. The van der Waals surface area contributed by atoms with Gasteiger partial charge < -0.3 is 15.8 Å². The highest BCUT2D eigenvalue weighted by molar-refractivity contribution is 5.78. The second-order valence-electron chi connectivity index (χ2n) is 4.75. The van der Waals surface area contributed by atoms with E-state index >= 15 is 0 Å². The molecule has 4 heteroatoms. The minimum atomic E-state index is 0.278. The SMILES string of the molecule is CCOC(CCN=C(N)NC(C)CC)C(C)C. The van der Waals surface area contributed by atoms with Crippen molar-refractivity contribution in [3.05, 3.63) is 0 Å². The van der Waals surface area contributed by atoms with Gasteiger partial charge in [0.2, 0.25) is 0 Å². The van der Waals surface area contributed by atoms with Crippen LogP contribution in [0, 0.1) is 5.92 Å². The van der Waals surface area contributed by atoms with E-state index in [0.717, 1.165) is 26.0 Å². The van der Waals surface area contributed by atoms with Crippen LogP contribution in [0.2, 0.25) is 0 Å². The Balaban J connectivity index is 3.96. The molecular formula is C13H29N3O. The van der Waals surface area contributed by atoms with Gasteiger partial charge in [-0.3, -0.25) is 4.99 Å². The zero-order valence-electron chi connectivity index (χ0n) is 12.0. The molecule has 0 aromatic carbocycles. The van der Waals surface area contributed by atoms with E-state index in [0.29, 0.717) is 17.9 Å². The van der Waals surface area contributed by atoms with Crippen LogP contribution < -0.4 is 11.1 Å². The lowest BCUT2D eigenvalue weighted by Gasteiger charge is -2.20. The summed E-state index contributed by atoms with van der Waals surface area (Å²) in [5, 5.41) is 3.15. The van der Waals surface area contributed by atoms with Crippen molar-refractivity contribution in [3.63, 3.8) is 0 Å². The van der Waals surface area contributed by atoms with Gasteiger partial charge in [0.25, 0.3) is 0 Å². The Morgan fingerprint density at radius 2 is 1.94 bits per heavy atom. The minimum Gasteiger partial charge on any atom is -0.378 e. The van der Waals surface area contributed by atoms with Crippen LogP contribution in [0.1, 0.15) is 47.5 Å². The molecule has 0 aliphatic heterocycles. The molecule has 0 radical (unpaired) electrons. The molecule has 4 nitrogen and oxygen atoms in total. The average Bonchev–Trinajstić information content (AvgIpc) is 2.27. The topological polar surface area (TPSA) is 59.6 Å². The number of rotatable bonds is 8. The zero-order chi connectivity index (χ0) is 13.3. The maximum atomic E-state index is 5.78. The van der Waals surface area contributed by atoms with E-state index in [1.165, 1.54) is 0 Å². The second kappa shape index (κ2) is 9.28. The quantitative estimate of drug-likeness (QED) is 0.507. The van der Waals surface area contributed by atoms with Crippen LogP contribution >= 0.6 is 0 Å². The molecule has 17 heavy (non-hydrogen) atoms. The minimum absolute atomic E-state index is 0.278. The molecule has 0 fully saturated rings. The molecule has 0 bridgehead atoms. The Labute approximate surface area is 106 Å². The van der Waals surface area contributed by atoms with Crippen molar-refractivity contribution in [1.82, 2.24) is 5.32 Å². The van der Waals surface area contributed by atoms with Gasteiger partial charge in [-0.05, 0) is 32.6 Å². The van der Waals surface area contributed by atoms with Crippen LogP contribution in [0.3, 0.4) is 0 Å². The van der Waals surface area contributed by atoms with Crippen molar-refractivity contribution in [2.24, 2.45) is 16.6 Å². The molecule has 0 aromatic rings. The number of nitrogens with two attached hydrogens (primary N) is 1. The van der Waals surface area contributed by atoms with Gasteiger partial charge >= 0.3 is 0 Å². The zero-order valence-corrected chi connectivity index (χ0v) is 12.0. The molecule has 0 aliphatic rings. The highest BCUT2D eigenvalue weighted by atomic mass is 16.5. The second-order valence-corrected chi connectivity index (χ2v) is 4.75. The predicted octanol–water partition coefficient (Wildman–Crippen LogP) is 2.14. The van der Waals surface area contributed by atoms with Crippen molar-refractivity contribution in [3.8, 4) is 0 Å². The molecule has 3 N–H and O–H groups in total. The van der Waals surface area contributed by atoms with Crippen LogP contribution in [0.15, 0.2) is 4.99 Å². The number of nitrogens with one attached hydrogen (secondary N) is 1. The summed E-state index contributed by atoms with van der Waals surface area (Å²) in [7, 11) is 0. The van der Waals surface area contributed by atoms with E-state index in [1.807, 2.05) is 6.92 Å². The summed E-state index contributed by atoms with van der Waals surface area (Å²) in [5.74, 6) is 1.06. The van der Waals surface area contributed by atoms with Crippen molar-refractivity contribution in [1.29, 1.82) is 0 Å². The van der Waals surface area contributed by atoms with E-state index in [2.05, 4.69) is 38.0 Å². The van der Waals surface area contributed by atoms with Gasteiger partial charge in [0.05, 0.1) is 6.10 Å². The van der Waals surface area contributed by atoms with Gasteiger partial charge in [-0.2, -0.15) is 0 Å². The Hall–Kier alpha value is -0.770. The van der Waals surface area contributed by atoms with Crippen LogP contribution in [0.5, 0.6) is 0 Å². The Bertz CT molecular complexity index is 217. The normalized spacial score (nSPS) is 16.0. The van der Waals surface area contributed by atoms with Gasteiger partial charge in [-0.1, -0.05) is 20.8 Å². The van der Waals surface area contributed by atoms with E-state index < -0.39 is 0 Å². The van der Waals surface area contributed by atoms with Crippen LogP contribution in [-0.4, -0.2) is 31.3 Å². The molecule has 0 heterocycles. The smallest absolute Gasteiger partial charge is 0.188 e. The fraction of sp³-hybridized carbons (Fsp3) is 0.923. The molecule has 2 atom stereocenters. The number of hydrogen-bond donors (Lipinski definition) is 2. The van der Waals surface area contributed by atoms with E-state index in [1.54, 1.807) is 0 Å². The van der Waals surface area contributed by atoms with Gasteiger partial charge in [-0.25, -0.2) is 0 Å². The fourth-order valence-corrected chi connectivity index (χ4v) is 1.54. The lowest BCUT2D eigenvalue weighted by molar-refractivity contribution is 0.0266. The molecule has 102 valence electrons. The van der Waals surface area contributed by atoms with Crippen molar-refractivity contribution in [2.75, 3.05) is 13.2 Å². The molecule has 0 spiro atoms. The van der Waals surface area contributed by atoms with Crippen molar-refractivity contribution >= 4 is 5.96 Å². The molecular weight excluding hydrogens is 214 g/mol. The van der Waals surface area contributed by atoms with Gasteiger partial charge in [0.15, 0.2) is 5.96 Å². The summed E-state index contributed by atoms with van der Waals surface area (Å²) in [6.45, 7) is 12.1. The standard InChI is InChI=1S/C13H29N3O/c1-6-11(5)16-13(14)15-9-8-12(10(3)4)17-7-2/h10-12H,6-9H2,1-5H3,(H3,14,15,16). The summed E-state index contributed by atoms with van der Waals surface area (Å²) in [5.41, 5.74) is 5.78. The maximum Gasteiger partial charge on any atom is 0.188 e. The summed E-state index contributed by atoms with van der Waals surface area (Å²) in [6, 6.07) is 0.381. The largest absolute Gasteiger partial charge is 0.378 e. The Kier molecular flexibility index (Phi) is 8.86. The van der Waals surface area contributed by atoms with Crippen LogP contribution in [-0.2, 0) is 4.74 Å². The van der Waals surface area contributed by atoms with E-state index in [9.17, 15) is 0 Å². The molecule has 0 aromatic heterocycles.